The Balaban J connectivity index is 1.21. The third-order valence-corrected chi connectivity index (χ3v) is 13.8. The molecule has 68 heavy (non-hydrogen) atoms. The predicted octanol–water partition coefficient (Wildman–Crippen LogP) is 19.1. The molecule has 11 aromatic carbocycles. The maximum absolute atomic E-state index is 2.48. The molecule has 0 aliphatic carbocycles. The van der Waals surface area contributed by atoms with E-state index in [1.165, 1.54) is 105 Å². The molecule has 0 aromatic heterocycles. The van der Waals surface area contributed by atoms with E-state index in [0.29, 0.717) is 0 Å². The molecule has 11 aromatic rings. The smallest absolute Gasteiger partial charge is 0.0618 e. The van der Waals surface area contributed by atoms with Crippen molar-refractivity contribution in [3.8, 4) is 22.3 Å². The zero-order valence-electron chi connectivity index (χ0n) is 40.1. The zero-order chi connectivity index (χ0) is 46.7. The van der Waals surface area contributed by atoms with E-state index >= 15 is 0 Å². The predicted molar refractivity (Wildman–Crippen MR) is 294 cm³/mol. The molecule has 0 atom stereocenters. The Labute approximate surface area is 401 Å². The van der Waals surface area contributed by atoms with Crippen LogP contribution in [0.15, 0.2) is 212 Å². The molecular formula is C66H56N2. The van der Waals surface area contributed by atoms with Crippen LogP contribution in [0.5, 0.6) is 0 Å². The molecule has 0 aliphatic rings. The molecule has 330 valence electrons. The van der Waals surface area contributed by atoms with Gasteiger partial charge in [0.25, 0.3) is 0 Å². The van der Waals surface area contributed by atoms with E-state index in [9.17, 15) is 0 Å². The van der Waals surface area contributed by atoms with Crippen molar-refractivity contribution in [1.82, 2.24) is 0 Å². The lowest BCUT2D eigenvalue weighted by Crippen LogP contribution is -2.13. The van der Waals surface area contributed by atoms with Crippen LogP contribution in [0.1, 0.15) is 48.6 Å². The molecule has 0 spiro atoms. The highest BCUT2D eigenvalue weighted by atomic mass is 15.2. The first-order valence-corrected chi connectivity index (χ1v) is 23.9. The van der Waals surface area contributed by atoms with Crippen LogP contribution in [-0.4, -0.2) is 0 Å². The third-order valence-electron chi connectivity index (χ3n) is 13.8. The summed E-state index contributed by atoms with van der Waals surface area (Å²) in [5.74, 6) is 0. The highest BCUT2D eigenvalue weighted by molar-refractivity contribution is 6.24. The summed E-state index contributed by atoms with van der Waals surface area (Å²) in [6.45, 7) is 15.7. The number of aryl methyl sites for hydroxylation is 4. The average Bonchev–Trinajstić information content (AvgIpc) is 3.35. The molecule has 0 bridgehead atoms. The Kier molecular flexibility index (Phi) is 10.7. The van der Waals surface area contributed by atoms with Crippen molar-refractivity contribution in [3.05, 3.63) is 240 Å². The van der Waals surface area contributed by atoms with Gasteiger partial charge in [0.1, 0.15) is 0 Å². The fraction of sp³-hybridized carbons (Fsp3) is 0.121. The van der Waals surface area contributed by atoms with Crippen LogP contribution >= 0.6 is 0 Å². The molecule has 2 nitrogen and oxygen atoms in total. The topological polar surface area (TPSA) is 6.48 Å². The minimum absolute atomic E-state index is 0.136. The Bertz CT molecular complexity index is 3230. The van der Waals surface area contributed by atoms with Gasteiger partial charge in [0.15, 0.2) is 0 Å². The minimum Gasteiger partial charge on any atom is -0.309 e. The Morgan fingerprint density at radius 2 is 0.515 bits per heavy atom. The highest BCUT2D eigenvalue weighted by Gasteiger charge is 2.26. The molecule has 0 heterocycles. The van der Waals surface area contributed by atoms with Crippen molar-refractivity contribution in [2.45, 2.75) is 53.9 Å². The van der Waals surface area contributed by atoms with E-state index in [1.807, 2.05) is 0 Å². The van der Waals surface area contributed by atoms with Crippen molar-refractivity contribution < 1.29 is 0 Å². The van der Waals surface area contributed by atoms with Gasteiger partial charge in [-0.2, -0.15) is 0 Å². The second-order valence-corrected chi connectivity index (χ2v) is 19.7. The Hall–Kier alpha value is -7.94. The van der Waals surface area contributed by atoms with E-state index in [1.54, 1.807) is 0 Å². The summed E-state index contributed by atoms with van der Waals surface area (Å²) in [7, 11) is 0. The van der Waals surface area contributed by atoms with Crippen molar-refractivity contribution in [2.24, 2.45) is 0 Å². The van der Waals surface area contributed by atoms with Gasteiger partial charge in [-0.05, 0) is 137 Å². The van der Waals surface area contributed by atoms with Crippen molar-refractivity contribution in [2.75, 3.05) is 9.80 Å². The van der Waals surface area contributed by atoms with Crippen molar-refractivity contribution in [3.63, 3.8) is 0 Å². The van der Waals surface area contributed by atoms with Gasteiger partial charge in [-0.15, -0.1) is 0 Å². The molecule has 0 radical (unpaired) electrons. The molecule has 0 fully saturated rings. The normalized spacial score (nSPS) is 11.8. The molecule has 2 heteroatoms. The van der Waals surface area contributed by atoms with Gasteiger partial charge in [0.05, 0.1) is 11.4 Å². The summed E-state index contributed by atoms with van der Waals surface area (Å²) in [6.07, 6.45) is 0. The summed E-state index contributed by atoms with van der Waals surface area (Å²) < 4.78 is 0. The number of fused-ring (bicyclic) bond motifs is 4. The Morgan fingerprint density at radius 1 is 0.279 bits per heavy atom. The molecule has 0 unspecified atom stereocenters. The van der Waals surface area contributed by atoms with Crippen LogP contribution in [0.2, 0.25) is 0 Å². The average molecular weight is 877 g/mol. The first-order valence-electron chi connectivity index (χ1n) is 23.9. The largest absolute Gasteiger partial charge is 0.309 e. The van der Waals surface area contributed by atoms with Gasteiger partial charge >= 0.3 is 0 Å². The summed E-state index contributed by atoms with van der Waals surface area (Å²) in [6, 6.07) is 79.4. The fourth-order valence-electron chi connectivity index (χ4n) is 10.3. The number of benzene rings is 11. The molecule has 0 amide bonds. The standard InChI is InChI=1S/C66H56N2/c1-43-24-32-50(33-25-43)67(51-34-26-44(2)27-35-51)64-58-20-12-8-16-54(58)62(55-17-9-13-21-59(55)64)47-40-48(42-49(41-47)66(5,6)7)63-56-18-10-14-22-60(56)65(61-23-15-11-19-57(61)63)68(52-36-28-45(3)29-37-52)53-38-30-46(4)31-39-53/h8-42H,1-7H3. The van der Waals surface area contributed by atoms with E-state index in [4.69, 9.17) is 0 Å². The Morgan fingerprint density at radius 3 is 0.750 bits per heavy atom. The monoisotopic (exact) mass is 876 g/mol. The molecular weight excluding hydrogens is 821 g/mol. The van der Waals surface area contributed by atoms with Crippen molar-refractivity contribution in [1.29, 1.82) is 0 Å². The number of hydrogen-bond acceptors (Lipinski definition) is 2. The van der Waals surface area contributed by atoms with Gasteiger partial charge in [-0.3, -0.25) is 0 Å². The SMILES string of the molecule is Cc1ccc(N(c2ccc(C)cc2)c2c3ccccc3c(-c3cc(-c4c5ccccc5c(N(c5ccc(C)cc5)c5ccc(C)cc5)c5ccccc45)cc(C(C)(C)C)c3)c3ccccc23)cc1. The maximum Gasteiger partial charge on any atom is 0.0618 e. The van der Waals surface area contributed by atoms with Gasteiger partial charge in [0.2, 0.25) is 0 Å². The second kappa shape index (κ2) is 17.0. The first kappa shape index (κ1) is 42.7. The molecule has 11 rings (SSSR count). The molecule has 0 saturated heterocycles. The maximum atomic E-state index is 2.48. The molecule has 0 aliphatic heterocycles. The van der Waals surface area contributed by atoms with E-state index in [-0.39, 0.29) is 5.41 Å². The molecule has 0 saturated carbocycles. The number of rotatable bonds is 8. The summed E-state index contributed by atoms with van der Waals surface area (Å²) >= 11 is 0. The van der Waals surface area contributed by atoms with E-state index in [2.05, 4.69) is 271 Å². The van der Waals surface area contributed by atoms with Crippen LogP contribution < -0.4 is 9.80 Å². The fourth-order valence-corrected chi connectivity index (χ4v) is 10.3. The lowest BCUT2D eigenvalue weighted by atomic mass is 9.80. The summed E-state index contributed by atoms with van der Waals surface area (Å²) in [4.78, 5) is 4.92. The zero-order valence-corrected chi connectivity index (χ0v) is 40.1. The van der Waals surface area contributed by atoms with Crippen molar-refractivity contribution >= 4 is 77.2 Å². The number of anilines is 6. The van der Waals surface area contributed by atoms with Gasteiger partial charge in [-0.25, -0.2) is 0 Å². The lowest BCUT2D eigenvalue weighted by molar-refractivity contribution is 0.591. The van der Waals surface area contributed by atoms with Crippen LogP contribution in [0.3, 0.4) is 0 Å². The summed E-state index contributed by atoms with van der Waals surface area (Å²) in [5, 5.41) is 9.71. The van der Waals surface area contributed by atoms with Gasteiger partial charge < -0.3 is 9.80 Å². The van der Waals surface area contributed by atoms with Crippen LogP contribution in [-0.2, 0) is 5.41 Å². The van der Waals surface area contributed by atoms with Crippen LogP contribution in [0.4, 0.5) is 34.1 Å². The quantitative estimate of drug-likeness (QED) is 0.140. The summed E-state index contributed by atoms with van der Waals surface area (Å²) in [5.41, 5.74) is 17.9. The van der Waals surface area contributed by atoms with Gasteiger partial charge in [0, 0.05) is 44.3 Å². The second-order valence-electron chi connectivity index (χ2n) is 19.7. The highest BCUT2D eigenvalue weighted by Crippen LogP contribution is 2.52. The minimum atomic E-state index is -0.136. The van der Waals surface area contributed by atoms with E-state index < -0.39 is 0 Å². The number of hydrogen-bond donors (Lipinski definition) is 0. The van der Waals surface area contributed by atoms with Crippen LogP contribution in [0.25, 0.3) is 65.3 Å². The third kappa shape index (κ3) is 7.57. The van der Waals surface area contributed by atoms with Crippen LogP contribution in [0, 0.1) is 27.7 Å². The first-order chi connectivity index (χ1) is 33.0. The van der Waals surface area contributed by atoms with E-state index in [0.717, 1.165) is 22.7 Å². The lowest BCUT2D eigenvalue weighted by Gasteiger charge is -2.30. The number of nitrogens with zero attached hydrogens (tertiary/aromatic N) is 2. The van der Waals surface area contributed by atoms with Gasteiger partial charge in [-0.1, -0.05) is 201 Å². The molecule has 0 N–H and O–H groups in total.